The van der Waals surface area contributed by atoms with Crippen molar-refractivity contribution in [1.82, 2.24) is 0 Å². The molecule has 1 fully saturated rings. The molecule has 0 aliphatic heterocycles. The Kier molecular flexibility index (Phi) is 13.6. The molecule has 1 aliphatic rings. The fraction of sp³-hybridized carbons (Fsp3) is 0.353. The zero-order valence-electron chi connectivity index (χ0n) is 24.8. The molecule has 0 amide bonds. The third-order valence-corrected chi connectivity index (χ3v) is 6.52. The number of phenols is 1. The number of hydrogen-bond acceptors (Lipinski definition) is 6. The molecule has 0 aromatic heterocycles. The Hall–Kier alpha value is -4.13. The molecular weight excluding hydrogens is 523 g/mol. The maximum absolute atomic E-state index is 13.8. The topological polar surface area (TPSA) is 82.1 Å². The number of esters is 2. The van der Waals surface area contributed by atoms with Gasteiger partial charge < -0.3 is 19.3 Å². The summed E-state index contributed by atoms with van der Waals surface area (Å²) in [5.41, 5.74) is 4.03. The third-order valence-electron chi connectivity index (χ3n) is 6.52. The van der Waals surface area contributed by atoms with Crippen LogP contribution in [0.3, 0.4) is 0 Å². The van der Waals surface area contributed by atoms with E-state index in [0.29, 0.717) is 29.2 Å². The molecule has 1 N–H and O–H groups in total. The largest absolute Gasteiger partial charge is 0.508 e. The molecule has 0 heterocycles. The van der Waals surface area contributed by atoms with Crippen molar-refractivity contribution in [3.8, 4) is 22.6 Å². The number of allylic oxidation sites excluding steroid dienone is 1. The first-order chi connectivity index (χ1) is 19.7. The number of carbonyl (C=O) groups excluding carboxylic acids is 2. The summed E-state index contributed by atoms with van der Waals surface area (Å²) in [7, 11) is 2.96. The van der Waals surface area contributed by atoms with E-state index in [1.165, 1.54) is 20.1 Å². The lowest BCUT2D eigenvalue weighted by Gasteiger charge is -2.17. The van der Waals surface area contributed by atoms with E-state index in [2.05, 4.69) is 0 Å². The van der Waals surface area contributed by atoms with Crippen LogP contribution >= 0.6 is 0 Å². The highest BCUT2D eigenvalue weighted by Crippen LogP contribution is 2.45. The van der Waals surface area contributed by atoms with Crippen molar-refractivity contribution >= 4 is 18.0 Å². The van der Waals surface area contributed by atoms with Gasteiger partial charge in [0.15, 0.2) is 0 Å². The van der Waals surface area contributed by atoms with E-state index in [1.807, 2.05) is 69.3 Å². The highest BCUT2D eigenvalue weighted by molar-refractivity contribution is 5.71. The fourth-order valence-electron chi connectivity index (χ4n) is 4.27. The number of halogens is 1. The molecule has 1 unspecified atom stereocenters. The summed E-state index contributed by atoms with van der Waals surface area (Å²) in [5, 5.41) is 9.83. The van der Waals surface area contributed by atoms with Gasteiger partial charge in [-0.15, -0.1) is 0 Å². The number of benzene rings is 3. The molecular formula is C34H41FO6. The van der Waals surface area contributed by atoms with E-state index in [9.17, 15) is 19.1 Å². The Labute approximate surface area is 242 Å². The van der Waals surface area contributed by atoms with Crippen molar-refractivity contribution in [3.63, 3.8) is 0 Å². The van der Waals surface area contributed by atoms with Gasteiger partial charge in [0.1, 0.15) is 23.9 Å². The first kappa shape index (κ1) is 33.1. The van der Waals surface area contributed by atoms with Gasteiger partial charge in [0.2, 0.25) is 0 Å². The minimum Gasteiger partial charge on any atom is -0.508 e. The summed E-state index contributed by atoms with van der Waals surface area (Å²) in [6.07, 6.45) is 6.51. The van der Waals surface area contributed by atoms with Crippen LogP contribution in [-0.2, 0) is 25.7 Å². The van der Waals surface area contributed by atoms with Crippen LogP contribution in [0.5, 0.6) is 11.5 Å². The molecule has 7 heteroatoms. The summed E-state index contributed by atoms with van der Waals surface area (Å²) >= 11 is 0. The van der Waals surface area contributed by atoms with Gasteiger partial charge in [0.05, 0.1) is 20.6 Å². The van der Waals surface area contributed by atoms with Crippen molar-refractivity contribution in [1.29, 1.82) is 0 Å². The smallest absolute Gasteiger partial charge is 0.306 e. The molecule has 1 aliphatic carbocycles. The van der Waals surface area contributed by atoms with Crippen LogP contribution in [0.25, 0.3) is 17.2 Å². The number of aromatic hydroxyl groups is 1. The Bertz CT molecular complexity index is 1300. The van der Waals surface area contributed by atoms with E-state index < -0.39 is 5.97 Å². The van der Waals surface area contributed by atoms with Crippen molar-refractivity contribution in [2.75, 3.05) is 14.2 Å². The predicted octanol–water partition coefficient (Wildman–Crippen LogP) is 8.07. The van der Waals surface area contributed by atoms with Crippen LogP contribution < -0.4 is 4.74 Å². The highest BCUT2D eigenvalue weighted by Gasteiger charge is 2.34. The molecule has 41 heavy (non-hydrogen) atoms. The van der Waals surface area contributed by atoms with Gasteiger partial charge in [-0.1, -0.05) is 56.3 Å². The zero-order valence-corrected chi connectivity index (χ0v) is 24.8. The maximum atomic E-state index is 13.8. The van der Waals surface area contributed by atoms with Crippen molar-refractivity contribution in [2.24, 2.45) is 5.92 Å². The molecule has 4 rings (SSSR count). The second-order valence-corrected chi connectivity index (χ2v) is 9.36. The average Bonchev–Trinajstić information content (AvgIpc) is 3.83. The second-order valence-electron chi connectivity index (χ2n) is 9.36. The Morgan fingerprint density at radius 2 is 1.71 bits per heavy atom. The van der Waals surface area contributed by atoms with Gasteiger partial charge in [-0.2, -0.15) is 0 Å². The van der Waals surface area contributed by atoms with Gasteiger partial charge in [-0.3, -0.25) is 9.59 Å². The number of hydrogen-bond donors (Lipinski definition) is 1. The molecule has 220 valence electrons. The van der Waals surface area contributed by atoms with E-state index in [1.54, 1.807) is 25.3 Å². The highest BCUT2D eigenvalue weighted by atomic mass is 19.1. The number of ether oxygens (including phenoxy) is 3. The van der Waals surface area contributed by atoms with Gasteiger partial charge >= 0.3 is 11.9 Å². The Balaban J connectivity index is 0.000000273. The van der Waals surface area contributed by atoms with Gasteiger partial charge in [-0.25, -0.2) is 4.39 Å². The Morgan fingerprint density at radius 1 is 1.02 bits per heavy atom. The van der Waals surface area contributed by atoms with Crippen LogP contribution in [0.2, 0.25) is 0 Å². The molecule has 3 aromatic carbocycles. The lowest BCUT2D eigenvalue weighted by atomic mass is 9.90. The van der Waals surface area contributed by atoms with Crippen LogP contribution in [-0.4, -0.2) is 31.3 Å². The third kappa shape index (κ3) is 10.4. The predicted molar refractivity (Wildman–Crippen MR) is 160 cm³/mol. The molecule has 1 saturated carbocycles. The summed E-state index contributed by atoms with van der Waals surface area (Å²) in [5.74, 6) is 0.449. The molecule has 0 radical (unpaired) electrons. The molecule has 1 atom stereocenters. The number of methoxy groups -OCH3 is 2. The summed E-state index contributed by atoms with van der Waals surface area (Å²) in [6.45, 7) is 7.32. The maximum Gasteiger partial charge on any atom is 0.306 e. The van der Waals surface area contributed by atoms with E-state index in [0.717, 1.165) is 29.5 Å². The second kappa shape index (κ2) is 16.9. The normalized spacial score (nSPS) is 12.8. The molecule has 3 aromatic rings. The monoisotopic (exact) mass is 564 g/mol. The Morgan fingerprint density at radius 3 is 2.27 bits per heavy atom. The summed E-state index contributed by atoms with van der Waals surface area (Å²) in [4.78, 5) is 22.4. The lowest BCUT2D eigenvalue weighted by Crippen LogP contribution is -2.11. The van der Waals surface area contributed by atoms with Gasteiger partial charge in [-0.05, 0) is 78.6 Å². The quantitative estimate of drug-likeness (QED) is 0.265. The number of rotatable bonds is 9. The standard InChI is InChI=1S/C16H15FO.C16H20O5.C2H6/c1-3-4-12-5-7-13(8-6-12)15-11-14(18-2)9-10-16(15)17;1-10(17)21-9-13-7-12(5-6-15(13)18)14(11-3-4-11)8-16(19)20-2;1-2/h3-11H,1-2H3;5-7,11,14,18H,3-4,8-9H2,1-2H3;1-2H3/b4-3+;;. The minimum atomic E-state index is -0.395. The van der Waals surface area contributed by atoms with Gasteiger partial charge in [0, 0.05) is 18.1 Å². The van der Waals surface area contributed by atoms with Crippen LogP contribution in [0.1, 0.15) is 69.6 Å². The SMILES string of the molecule is C/C=C/c1ccc(-c2cc(OC)ccc2F)cc1.CC.COC(=O)CC(c1ccc(O)c(COC(C)=O)c1)C1CC1. The molecule has 0 spiro atoms. The van der Waals surface area contributed by atoms with Crippen molar-refractivity contribution in [2.45, 2.75) is 59.5 Å². The number of carbonyl (C=O) groups is 2. The van der Waals surface area contributed by atoms with E-state index >= 15 is 0 Å². The summed E-state index contributed by atoms with van der Waals surface area (Å²) < 4.78 is 28.6. The zero-order chi connectivity index (χ0) is 30.4. The first-order valence-electron chi connectivity index (χ1n) is 13.8. The van der Waals surface area contributed by atoms with Crippen LogP contribution in [0, 0.1) is 11.7 Å². The van der Waals surface area contributed by atoms with Crippen molar-refractivity contribution in [3.05, 3.63) is 89.2 Å². The molecule has 0 bridgehead atoms. The van der Waals surface area contributed by atoms with E-state index in [-0.39, 0.29) is 30.1 Å². The summed E-state index contributed by atoms with van der Waals surface area (Å²) in [6, 6.07) is 17.7. The molecule has 0 saturated heterocycles. The van der Waals surface area contributed by atoms with Crippen molar-refractivity contribution < 1.29 is 33.3 Å². The van der Waals surface area contributed by atoms with Crippen LogP contribution in [0.15, 0.2) is 66.7 Å². The first-order valence-corrected chi connectivity index (χ1v) is 13.8. The van der Waals surface area contributed by atoms with Crippen LogP contribution in [0.4, 0.5) is 4.39 Å². The minimum absolute atomic E-state index is 0.0324. The van der Waals surface area contributed by atoms with Gasteiger partial charge in [0.25, 0.3) is 0 Å². The average molecular weight is 565 g/mol. The molecule has 6 nitrogen and oxygen atoms in total. The fourth-order valence-corrected chi connectivity index (χ4v) is 4.27. The van der Waals surface area contributed by atoms with E-state index in [4.69, 9.17) is 14.2 Å². The number of phenolic OH excluding ortho intramolecular Hbond substituents is 1. The lowest BCUT2D eigenvalue weighted by molar-refractivity contribution is -0.142.